The molecular weight excluding hydrogens is 726 g/mol. The van der Waals surface area contributed by atoms with Gasteiger partial charge in [0.05, 0.1) is 56.8 Å². The predicted octanol–water partition coefficient (Wildman–Crippen LogP) is -5.33. The lowest BCUT2D eigenvalue weighted by Crippen LogP contribution is -2.66. The minimum atomic E-state index is -2.43. The highest BCUT2D eigenvalue weighted by Gasteiger charge is 2.57. The van der Waals surface area contributed by atoms with E-state index in [9.17, 15) is 66.1 Å². The summed E-state index contributed by atoms with van der Waals surface area (Å²) in [6.07, 6.45) is -23.7. The minimum Gasteiger partial charge on any atom is -0.496 e. The Bertz CT molecular complexity index is 1330. The van der Waals surface area contributed by atoms with E-state index < -0.39 is 130 Å². The van der Waals surface area contributed by atoms with Crippen LogP contribution in [-0.4, -0.2) is 193 Å². The fourth-order valence-corrected chi connectivity index (χ4v) is 7.42. The number of nitrogens with two attached hydrogens (primary N) is 1. The molecule has 3 fully saturated rings. The SMILES string of the molecule is COc1cc(CCN)ccc1CCO[C@]1(C(=O)O)C[C@@H](O)[C@@H](O[C@H]2OC([C@@H](O)CO)[C@@H](O)C(O[C@@H](O)C3C(O)[C@H](O)C(CCO)[C@H]3O)[C@H]2O)C(CCO)O1. The van der Waals surface area contributed by atoms with Crippen LogP contribution in [0.5, 0.6) is 5.75 Å². The molecule has 4 rings (SSSR count). The standard InChI is InChI=1S/C34H55NO19/c1-49-21-12-15(4-8-35)2-3-16(21)7-11-50-34(33(47)48)13-18(39)28(20(54-34)6-10-37)52-32-27(45)30(26(44)29(53-32)19(40)14-38)51-31(46)22-23(41)17(5-9-36)24(42)25(22)43/h2-3,12,17-20,22-32,36-46H,4-11,13-14,35H2,1H3,(H,47,48)/t17?,18-,19+,20?,22?,23-,24-,25?,26-,27-,28-,29?,30?,31-,32+,34-/m1/s1. The number of hydrogen-bond donors (Lipinski definition) is 13. The largest absolute Gasteiger partial charge is 0.496 e. The summed E-state index contributed by atoms with van der Waals surface area (Å²) in [5.74, 6) is -6.16. The van der Waals surface area contributed by atoms with Crippen molar-refractivity contribution < 1.29 is 94.5 Å². The molecule has 1 aliphatic carbocycles. The summed E-state index contributed by atoms with van der Waals surface area (Å²) >= 11 is 0. The number of hydrogen-bond acceptors (Lipinski definition) is 19. The number of carboxylic acids is 1. The summed E-state index contributed by atoms with van der Waals surface area (Å²) in [5, 5.41) is 126. The molecule has 2 aliphatic heterocycles. The quantitative estimate of drug-likeness (QED) is 0.0583. The average Bonchev–Trinajstić information content (AvgIpc) is 3.35. The number of rotatable bonds is 19. The van der Waals surface area contributed by atoms with Gasteiger partial charge in [-0.25, -0.2) is 4.79 Å². The molecule has 0 spiro atoms. The molecule has 16 atom stereocenters. The van der Waals surface area contributed by atoms with E-state index in [2.05, 4.69) is 0 Å². The maximum absolute atomic E-state index is 12.6. The number of benzene rings is 1. The van der Waals surface area contributed by atoms with E-state index in [-0.39, 0.29) is 25.9 Å². The first-order valence-electron chi connectivity index (χ1n) is 17.8. The van der Waals surface area contributed by atoms with Gasteiger partial charge in [0.25, 0.3) is 5.79 Å². The second-order valence-corrected chi connectivity index (χ2v) is 13.8. The van der Waals surface area contributed by atoms with Crippen LogP contribution in [0.25, 0.3) is 0 Å². The van der Waals surface area contributed by atoms with Gasteiger partial charge in [-0.15, -0.1) is 0 Å². The van der Waals surface area contributed by atoms with Crippen molar-refractivity contribution in [2.75, 3.05) is 40.1 Å². The Kier molecular flexibility index (Phi) is 16.3. The van der Waals surface area contributed by atoms with Crippen LogP contribution >= 0.6 is 0 Å². The third-order valence-corrected chi connectivity index (χ3v) is 10.3. The molecule has 1 aromatic carbocycles. The minimum absolute atomic E-state index is 0.140. The van der Waals surface area contributed by atoms with Gasteiger partial charge in [0.1, 0.15) is 42.4 Å². The van der Waals surface area contributed by atoms with Crippen LogP contribution in [-0.2, 0) is 41.3 Å². The van der Waals surface area contributed by atoms with Gasteiger partial charge in [-0.3, -0.25) is 0 Å². The van der Waals surface area contributed by atoms with Crippen LogP contribution in [0.3, 0.4) is 0 Å². The Hall–Kier alpha value is -2.19. The zero-order valence-corrected chi connectivity index (χ0v) is 29.8. The molecule has 54 heavy (non-hydrogen) atoms. The van der Waals surface area contributed by atoms with Crippen LogP contribution in [0.15, 0.2) is 18.2 Å². The highest BCUT2D eigenvalue weighted by atomic mass is 16.8. The zero-order valence-electron chi connectivity index (χ0n) is 29.8. The van der Waals surface area contributed by atoms with Gasteiger partial charge in [-0.2, -0.15) is 0 Å². The smallest absolute Gasteiger partial charge is 0.364 e. The fourth-order valence-electron chi connectivity index (χ4n) is 7.42. The van der Waals surface area contributed by atoms with Crippen LogP contribution < -0.4 is 10.5 Å². The topological polar surface area (TPSA) is 341 Å². The van der Waals surface area contributed by atoms with Gasteiger partial charge >= 0.3 is 5.97 Å². The van der Waals surface area contributed by atoms with E-state index in [0.29, 0.717) is 24.3 Å². The fraction of sp³-hybridized carbons (Fsp3) is 0.794. The lowest BCUT2D eigenvalue weighted by Gasteiger charge is -2.48. The number of aliphatic hydroxyl groups is 11. The molecule has 310 valence electrons. The number of ether oxygens (including phenoxy) is 6. The number of aliphatic carboxylic acids is 1. The molecular formula is C34H55NO19. The first-order valence-corrected chi connectivity index (χ1v) is 17.8. The van der Waals surface area contributed by atoms with Crippen molar-refractivity contribution in [2.24, 2.45) is 17.6 Å². The molecule has 2 heterocycles. The van der Waals surface area contributed by atoms with E-state index in [1.54, 1.807) is 12.1 Å². The van der Waals surface area contributed by atoms with Gasteiger partial charge in [-0.1, -0.05) is 12.1 Å². The van der Waals surface area contributed by atoms with Gasteiger partial charge in [-0.05, 0) is 49.4 Å². The summed E-state index contributed by atoms with van der Waals surface area (Å²) in [7, 11) is 1.48. The molecule has 2 saturated heterocycles. The predicted molar refractivity (Wildman–Crippen MR) is 179 cm³/mol. The molecule has 0 radical (unpaired) electrons. The van der Waals surface area contributed by atoms with Gasteiger partial charge < -0.3 is 95.4 Å². The van der Waals surface area contributed by atoms with Crippen molar-refractivity contribution in [1.82, 2.24) is 0 Å². The Morgan fingerprint density at radius 3 is 2.26 bits per heavy atom. The first kappa shape index (κ1) is 44.5. The van der Waals surface area contributed by atoms with Gasteiger partial charge in [0.15, 0.2) is 12.6 Å². The number of methoxy groups -OCH3 is 1. The Morgan fingerprint density at radius 2 is 1.65 bits per heavy atom. The first-order chi connectivity index (χ1) is 25.7. The Balaban J connectivity index is 1.52. The summed E-state index contributed by atoms with van der Waals surface area (Å²) in [6, 6.07) is 5.44. The van der Waals surface area contributed by atoms with E-state index in [0.717, 1.165) is 5.56 Å². The highest BCUT2D eigenvalue weighted by molar-refractivity contribution is 5.76. The monoisotopic (exact) mass is 781 g/mol. The lowest BCUT2D eigenvalue weighted by molar-refractivity contribution is -0.373. The van der Waals surface area contributed by atoms with E-state index in [1.165, 1.54) is 7.11 Å². The van der Waals surface area contributed by atoms with Crippen molar-refractivity contribution >= 4 is 5.97 Å². The third kappa shape index (κ3) is 9.66. The summed E-state index contributed by atoms with van der Waals surface area (Å²) in [6.45, 7) is -1.81. The molecule has 20 heteroatoms. The summed E-state index contributed by atoms with van der Waals surface area (Å²) < 4.78 is 34.1. The van der Waals surface area contributed by atoms with Crippen molar-refractivity contribution in [1.29, 1.82) is 0 Å². The maximum atomic E-state index is 12.6. The molecule has 3 aliphatic rings. The Labute approximate surface area is 310 Å². The van der Waals surface area contributed by atoms with Crippen LogP contribution in [0.1, 0.15) is 30.4 Å². The summed E-state index contributed by atoms with van der Waals surface area (Å²) in [4.78, 5) is 12.6. The molecule has 14 N–H and O–H groups in total. The van der Waals surface area contributed by atoms with E-state index in [1.807, 2.05) is 6.07 Å². The molecule has 0 amide bonds. The van der Waals surface area contributed by atoms with Crippen molar-refractivity contribution in [3.05, 3.63) is 29.3 Å². The molecule has 1 saturated carbocycles. The van der Waals surface area contributed by atoms with Gasteiger partial charge in [0.2, 0.25) is 0 Å². The second-order valence-electron chi connectivity index (χ2n) is 13.8. The van der Waals surface area contributed by atoms with Crippen molar-refractivity contribution in [3.63, 3.8) is 0 Å². The van der Waals surface area contributed by atoms with Crippen molar-refractivity contribution in [2.45, 2.75) is 118 Å². The van der Waals surface area contributed by atoms with Crippen molar-refractivity contribution in [3.8, 4) is 5.75 Å². The highest BCUT2D eigenvalue weighted by Crippen LogP contribution is 2.40. The maximum Gasteiger partial charge on any atom is 0.364 e. The van der Waals surface area contributed by atoms with Crippen LogP contribution in [0.4, 0.5) is 0 Å². The average molecular weight is 782 g/mol. The second kappa shape index (κ2) is 19.8. The normalized spacial score (nSPS) is 38.3. The Morgan fingerprint density at radius 1 is 0.944 bits per heavy atom. The number of carboxylic acid groups (broad SMARTS) is 1. The molecule has 6 unspecified atom stereocenters. The molecule has 0 aromatic heterocycles. The number of carbonyl (C=O) groups is 1. The van der Waals surface area contributed by atoms with Crippen LogP contribution in [0.2, 0.25) is 0 Å². The molecule has 20 nitrogen and oxygen atoms in total. The molecule has 0 bridgehead atoms. The summed E-state index contributed by atoms with van der Waals surface area (Å²) in [5.41, 5.74) is 7.26. The van der Waals surface area contributed by atoms with Gasteiger partial charge in [0, 0.05) is 25.6 Å². The van der Waals surface area contributed by atoms with Crippen LogP contribution in [0, 0.1) is 11.8 Å². The number of aliphatic hydroxyl groups excluding tert-OH is 11. The zero-order chi connectivity index (χ0) is 39.9. The van der Waals surface area contributed by atoms with E-state index in [4.69, 9.17) is 34.2 Å². The third-order valence-electron chi connectivity index (χ3n) is 10.3. The van der Waals surface area contributed by atoms with E-state index >= 15 is 0 Å². The lowest BCUT2D eigenvalue weighted by atomic mass is 9.92. The molecule has 1 aromatic rings.